The number of carbonyl (C=O) groups is 2. The quantitative estimate of drug-likeness (QED) is 0.677. The van der Waals surface area contributed by atoms with Crippen molar-refractivity contribution in [3.8, 4) is 0 Å². The molecule has 4 aliphatic carbocycles. The lowest BCUT2D eigenvalue weighted by molar-refractivity contribution is -0.133. The zero-order chi connectivity index (χ0) is 19.5. The summed E-state index contributed by atoms with van der Waals surface area (Å²) in [5, 5.41) is 0. The van der Waals surface area contributed by atoms with Crippen LogP contribution >= 0.6 is 0 Å². The molecule has 0 aromatic heterocycles. The van der Waals surface area contributed by atoms with E-state index in [1.54, 1.807) is 0 Å². The summed E-state index contributed by atoms with van der Waals surface area (Å²) in [6, 6.07) is 10.5. The van der Waals surface area contributed by atoms with Crippen LogP contribution in [0.15, 0.2) is 42.0 Å². The summed E-state index contributed by atoms with van der Waals surface area (Å²) >= 11 is 0. The van der Waals surface area contributed by atoms with E-state index in [0.717, 1.165) is 44.9 Å². The van der Waals surface area contributed by atoms with Crippen LogP contribution in [0.2, 0.25) is 0 Å². The highest BCUT2D eigenvalue weighted by Gasteiger charge is 2.59. The maximum absolute atomic E-state index is 12.9. The molecule has 148 valence electrons. The van der Waals surface area contributed by atoms with Gasteiger partial charge in [0.1, 0.15) is 5.78 Å². The van der Waals surface area contributed by atoms with Gasteiger partial charge in [-0.05, 0) is 79.8 Å². The molecular formula is C26H32O2. The maximum atomic E-state index is 12.9. The Morgan fingerprint density at radius 2 is 1.68 bits per heavy atom. The summed E-state index contributed by atoms with van der Waals surface area (Å²) in [6.07, 6.45) is 10.2. The molecule has 0 unspecified atom stereocenters. The number of rotatable bonds is 2. The molecule has 0 aliphatic heterocycles. The lowest BCUT2D eigenvalue weighted by Crippen LogP contribution is -2.51. The molecule has 2 heteroatoms. The van der Waals surface area contributed by atoms with Crippen molar-refractivity contribution >= 4 is 11.6 Å². The van der Waals surface area contributed by atoms with E-state index in [0.29, 0.717) is 29.3 Å². The highest BCUT2D eigenvalue weighted by Crippen LogP contribution is 2.64. The Labute approximate surface area is 168 Å². The van der Waals surface area contributed by atoms with Gasteiger partial charge >= 0.3 is 0 Å². The van der Waals surface area contributed by atoms with E-state index >= 15 is 0 Å². The number of ketones is 2. The Morgan fingerprint density at radius 3 is 2.46 bits per heavy atom. The Kier molecular flexibility index (Phi) is 4.19. The van der Waals surface area contributed by atoms with Crippen LogP contribution in [0.4, 0.5) is 0 Å². The van der Waals surface area contributed by atoms with Crippen molar-refractivity contribution in [1.82, 2.24) is 0 Å². The number of hydrogen-bond donors (Lipinski definition) is 0. The van der Waals surface area contributed by atoms with E-state index in [1.165, 1.54) is 17.6 Å². The second-order valence-electron chi connectivity index (χ2n) is 10.4. The molecule has 4 aliphatic rings. The van der Waals surface area contributed by atoms with Gasteiger partial charge in [0.25, 0.3) is 0 Å². The highest BCUT2D eigenvalue weighted by molar-refractivity contribution is 5.94. The van der Waals surface area contributed by atoms with Gasteiger partial charge in [0.2, 0.25) is 0 Å². The van der Waals surface area contributed by atoms with Crippen LogP contribution in [0, 0.1) is 34.5 Å². The zero-order valence-corrected chi connectivity index (χ0v) is 17.2. The molecule has 0 radical (unpaired) electrons. The number of hydrogen-bond acceptors (Lipinski definition) is 2. The lowest BCUT2D eigenvalue weighted by atomic mass is 9.46. The molecule has 1 aromatic rings. The molecule has 28 heavy (non-hydrogen) atoms. The van der Waals surface area contributed by atoms with Crippen LogP contribution in [0.3, 0.4) is 0 Å². The van der Waals surface area contributed by atoms with Crippen LogP contribution < -0.4 is 0 Å². The molecule has 0 amide bonds. The number of allylic oxidation sites excluding steroid dienone is 1. The van der Waals surface area contributed by atoms with Gasteiger partial charge in [0.05, 0.1) is 0 Å². The SMILES string of the molecule is C[C@]12C[C@@H](Cc3ccccc3)C(=O)C=C1CC[C@@H]1[C@@H]2CC[C@]2(C)C(=O)CC[C@@H]12. The van der Waals surface area contributed by atoms with Gasteiger partial charge in [-0.3, -0.25) is 9.59 Å². The van der Waals surface area contributed by atoms with E-state index in [2.05, 4.69) is 38.1 Å². The summed E-state index contributed by atoms with van der Waals surface area (Å²) in [4.78, 5) is 25.5. The fraction of sp³-hybridized carbons (Fsp3) is 0.615. The lowest BCUT2D eigenvalue weighted by Gasteiger charge is -2.57. The number of fused-ring (bicyclic) bond motifs is 5. The fourth-order valence-electron chi connectivity index (χ4n) is 7.59. The minimum atomic E-state index is -0.0628. The number of Topliss-reactive ketones (excluding diaryl/α,β-unsaturated/α-hetero) is 1. The van der Waals surface area contributed by atoms with Crippen LogP contribution in [0.5, 0.6) is 0 Å². The topological polar surface area (TPSA) is 34.1 Å². The standard InChI is InChI=1S/C26H32O2/c1-25-13-12-22-20(21(25)10-11-24(25)28)9-8-19-15-23(27)18(16-26(19,22)2)14-17-6-4-3-5-7-17/h3-7,15,18,20-22H,8-14,16H2,1-2H3/t18-,20+,21+,22+,25+,26+/m1/s1. The average molecular weight is 377 g/mol. The predicted molar refractivity (Wildman–Crippen MR) is 111 cm³/mol. The van der Waals surface area contributed by atoms with Crippen LogP contribution in [0.25, 0.3) is 0 Å². The molecule has 3 fully saturated rings. The molecule has 5 rings (SSSR count). The monoisotopic (exact) mass is 376 g/mol. The third-order valence-electron chi connectivity index (χ3n) is 9.16. The van der Waals surface area contributed by atoms with Gasteiger partial charge in [-0.2, -0.15) is 0 Å². The van der Waals surface area contributed by atoms with Crippen molar-refractivity contribution in [3.05, 3.63) is 47.5 Å². The molecule has 0 bridgehead atoms. The van der Waals surface area contributed by atoms with E-state index < -0.39 is 0 Å². The van der Waals surface area contributed by atoms with Crippen LogP contribution in [-0.2, 0) is 16.0 Å². The van der Waals surface area contributed by atoms with Gasteiger partial charge < -0.3 is 0 Å². The van der Waals surface area contributed by atoms with Gasteiger partial charge in [0, 0.05) is 17.8 Å². The Balaban J connectivity index is 1.44. The summed E-state index contributed by atoms with van der Waals surface area (Å²) in [6.45, 7) is 4.69. The molecular weight excluding hydrogens is 344 g/mol. The largest absolute Gasteiger partial charge is 0.299 e. The summed E-state index contributed by atoms with van der Waals surface area (Å²) < 4.78 is 0. The molecule has 3 saturated carbocycles. The zero-order valence-electron chi connectivity index (χ0n) is 17.2. The fourth-order valence-corrected chi connectivity index (χ4v) is 7.59. The number of carbonyl (C=O) groups excluding carboxylic acids is 2. The van der Waals surface area contributed by atoms with Crippen molar-refractivity contribution < 1.29 is 9.59 Å². The Bertz CT molecular complexity index is 837. The smallest absolute Gasteiger partial charge is 0.159 e. The third-order valence-corrected chi connectivity index (χ3v) is 9.16. The Morgan fingerprint density at radius 1 is 0.929 bits per heavy atom. The molecule has 0 N–H and O–H groups in total. The van der Waals surface area contributed by atoms with Crippen molar-refractivity contribution in [2.24, 2.45) is 34.5 Å². The van der Waals surface area contributed by atoms with Crippen molar-refractivity contribution in [3.63, 3.8) is 0 Å². The average Bonchev–Trinajstić information content (AvgIpc) is 2.99. The predicted octanol–water partition coefficient (Wildman–Crippen LogP) is 5.56. The van der Waals surface area contributed by atoms with Crippen molar-refractivity contribution in [2.75, 3.05) is 0 Å². The van der Waals surface area contributed by atoms with Gasteiger partial charge in [0.15, 0.2) is 5.78 Å². The minimum absolute atomic E-state index is 0.0628. The van der Waals surface area contributed by atoms with E-state index in [9.17, 15) is 9.59 Å². The first kappa shape index (κ1) is 18.3. The van der Waals surface area contributed by atoms with Gasteiger partial charge in [-0.25, -0.2) is 0 Å². The molecule has 0 heterocycles. The summed E-state index contributed by atoms with van der Waals surface area (Å²) in [5.41, 5.74) is 2.76. The summed E-state index contributed by atoms with van der Waals surface area (Å²) in [7, 11) is 0. The van der Waals surface area contributed by atoms with E-state index in [-0.39, 0.29) is 16.7 Å². The first-order chi connectivity index (χ1) is 13.4. The Hall–Kier alpha value is -1.70. The first-order valence-electron chi connectivity index (χ1n) is 11.2. The second-order valence-corrected chi connectivity index (χ2v) is 10.4. The van der Waals surface area contributed by atoms with Gasteiger partial charge in [-0.15, -0.1) is 0 Å². The normalized spacial score (nSPS) is 42.4. The van der Waals surface area contributed by atoms with Crippen molar-refractivity contribution in [1.29, 1.82) is 0 Å². The minimum Gasteiger partial charge on any atom is -0.299 e. The van der Waals surface area contributed by atoms with Crippen molar-refractivity contribution in [2.45, 2.75) is 65.2 Å². The van der Waals surface area contributed by atoms with E-state index in [4.69, 9.17) is 0 Å². The number of benzene rings is 1. The molecule has 2 nitrogen and oxygen atoms in total. The maximum Gasteiger partial charge on any atom is 0.159 e. The summed E-state index contributed by atoms with van der Waals surface area (Å²) in [5.74, 6) is 2.84. The highest BCUT2D eigenvalue weighted by atomic mass is 16.1. The van der Waals surface area contributed by atoms with Crippen LogP contribution in [0.1, 0.15) is 64.4 Å². The van der Waals surface area contributed by atoms with Gasteiger partial charge in [-0.1, -0.05) is 49.8 Å². The molecule has 0 saturated heterocycles. The first-order valence-corrected chi connectivity index (χ1v) is 11.2. The second kappa shape index (κ2) is 6.40. The molecule has 0 spiro atoms. The molecule has 6 atom stereocenters. The third kappa shape index (κ3) is 2.60. The van der Waals surface area contributed by atoms with E-state index in [1.807, 2.05) is 12.1 Å². The molecule has 1 aromatic carbocycles. The van der Waals surface area contributed by atoms with Crippen LogP contribution in [-0.4, -0.2) is 11.6 Å².